The van der Waals surface area contributed by atoms with Gasteiger partial charge in [0, 0.05) is 34.5 Å². The van der Waals surface area contributed by atoms with Gasteiger partial charge >= 0.3 is 0 Å². The van der Waals surface area contributed by atoms with Gasteiger partial charge in [0.1, 0.15) is 23.0 Å². The topological polar surface area (TPSA) is 70.5 Å². The van der Waals surface area contributed by atoms with E-state index in [9.17, 15) is 0 Å². The summed E-state index contributed by atoms with van der Waals surface area (Å²) in [6, 6.07) is 32.4. The van der Waals surface area contributed by atoms with Crippen molar-refractivity contribution in [1.82, 2.24) is 0 Å². The highest BCUT2D eigenvalue weighted by Crippen LogP contribution is 2.55. The van der Waals surface area contributed by atoms with Gasteiger partial charge < -0.3 is 20.9 Å². The van der Waals surface area contributed by atoms with Crippen LogP contribution in [0.5, 0.6) is 23.0 Å². The molecular weight excluding hydrogens is 468 g/mol. The van der Waals surface area contributed by atoms with Crippen LogP contribution in [0.25, 0.3) is 0 Å². The number of hydrogen-bond donors (Lipinski definition) is 2. The summed E-state index contributed by atoms with van der Waals surface area (Å²) < 4.78 is 12.7. The Balaban J connectivity index is 1.60. The summed E-state index contributed by atoms with van der Waals surface area (Å²) in [5.74, 6) is 4.73. The van der Waals surface area contributed by atoms with Crippen molar-refractivity contribution in [2.75, 3.05) is 11.5 Å². The third kappa shape index (κ3) is 5.22. The Labute approximate surface area is 226 Å². The van der Waals surface area contributed by atoms with E-state index in [1.165, 1.54) is 24.0 Å². The molecule has 0 saturated heterocycles. The average molecular weight is 507 g/mol. The molecule has 4 nitrogen and oxygen atoms in total. The van der Waals surface area contributed by atoms with Gasteiger partial charge in [-0.1, -0.05) is 69.7 Å². The second kappa shape index (κ2) is 10.8. The summed E-state index contributed by atoms with van der Waals surface area (Å²) in [6.45, 7) is 7.09. The fraction of sp³-hybridized carbons (Fsp3) is 0.294. The molecule has 4 heteroatoms. The van der Waals surface area contributed by atoms with Gasteiger partial charge in [-0.15, -0.1) is 0 Å². The van der Waals surface area contributed by atoms with E-state index in [2.05, 4.69) is 69.3 Å². The number of hydrogen-bond acceptors (Lipinski definition) is 4. The predicted octanol–water partition coefficient (Wildman–Crippen LogP) is 8.81. The quantitative estimate of drug-likeness (QED) is 0.246. The van der Waals surface area contributed by atoms with E-state index in [0.717, 1.165) is 29.4 Å². The van der Waals surface area contributed by atoms with Crippen LogP contribution in [0.4, 0.5) is 11.4 Å². The van der Waals surface area contributed by atoms with E-state index in [4.69, 9.17) is 20.9 Å². The summed E-state index contributed by atoms with van der Waals surface area (Å²) in [4.78, 5) is 0. The SMILES string of the molecule is CC1CCC(C(C)C)C(c2ccc(Oc3cccc(N)c3)cc2)(c2ccccc2Oc2cccc(N)c2)C1. The van der Waals surface area contributed by atoms with E-state index in [1.807, 2.05) is 48.5 Å². The van der Waals surface area contributed by atoms with Crippen LogP contribution >= 0.6 is 0 Å². The van der Waals surface area contributed by atoms with Gasteiger partial charge in [0.25, 0.3) is 0 Å². The van der Waals surface area contributed by atoms with Crippen LogP contribution in [-0.4, -0.2) is 0 Å². The lowest BCUT2D eigenvalue weighted by Gasteiger charge is -2.50. The molecule has 0 radical (unpaired) electrons. The van der Waals surface area contributed by atoms with Crippen molar-refractivity contribution < 1.29 is 9.47 Å². The molecule has 0 amide bonds. The van der Waals surface area contributed by atoms with E-state index >= 15 is 0 Å². The summed E-state index contributed by atoms with van der Waals surface area (Å²) in [6.07, 6.45) is 3.47. The minimum atomic E-state index is -0.196. The van der Waals surface area contributed by atoms with Gasteiger partial charge in [0.05, 0.1) is 0 Å². The van der Waals surface area contributed by atoms with E-state index < -0.39 is 0 Å². The van der Waals surface area contributed by atoms with Gasteiger partial charge in [0.2, 0.25) is 0 Å². The van der Waals surface area contributed by atoms with Crippen molar-refractivity contribution in [2.24, 2.45) is 17.8 Å². The molecule has 4 aromatic rings. The van der Waals surface area contributed by atoms with Crippen molar-refractivity contribution in [2.45, 2.75) is 45.4 Å². The Morgan fingerprint density at radius 3 is 1.97 bits per heavy atom. The number of para-hydroxylation sites is 1. The van der Waals surface area contributed by atoms with Crippen molar-refractivity contribution >= 4 is 11.4 Å². The molecule has 0 bridgehead atoms. The summed E-state index contributed by atoms with van der Waals surface area (Å²) >= 11 is 0. The van der Waals surface area contributed by atoms with Gasteiger partial charge in [-0.25, -0.2) is 0 Å². The molecule has 0 aliphatic heterocycles. The van der Waals surface area contributed by atoms with E-state index in [0.29, 0.717) is 29.1 Å². The fourth-order valence-electron chi connectivity index (χ4n) is 6.38. The smallest absolute Gasteiger partial charge is 0.131 e. The first-order chi connectivity index (χ1) is 18.3. The van der Waals surface area contributed by atoms with Crippen LogP contribution in [-0.2, 0) is 5.41 Å². The molecule has 1 saturated carbocycles. The Morgan fingerprint density at radius 2 is 1.34 bits per heavy atom. The standard InChI is InChI=1S/C34H38N2O2/c1-23(2)31-19-14-24(3)22-34(31,25-15-17-28(18-16-25)37-29-10-6-8-26(35)20-29)32-12-4-5-13-33(32)38-30-11-7-9-27(36)21-30/h4-13,15-18,20-21,23-24,31H,14,19,22,35-36H2,1-3H3. The minimum Gasteiger partial charge on any atom is -0.457 e. The lowest BCUT2D eigenvalue weighted by Crippen LogP contribution is -2.44. The first kappa shape index (κ1) is 25.7. The zero-order chi connectivity index (χ0) is 26.7. The van der Waals surface area contributed by atoms with Crippen LogP contribution in [0.3, 0.4) is 0 Å². The summed E-state index contributed by atoms with van der Waals surface area (Å²) in [5, 5.41) is 0. The Morgan fingerprint density at radius 1 is 0.711 bits per heavy atom. The molecule has 1 fully saturated rings. The van der Waals surface area contributed by atoms with Gasteiger partial charge in [-0.3, -0.25) is 0 Å². The molecule has 0 spiro atoms. The molecule has 4 N–H and O–H groups in total. The first-order valence-electron chi connectivity index (χ1n) is 13.6. The number of nitrogens with two attached hydrogens (primary N) is 2. The Hall–Kier alpha value is -3.92. The number of anilines is 2. The third-order valence-electron chi connectivity index (χ3n) is 8.00. The molecule has 3 unspecified atom stereocenters. The summed E-state index contributed by atoms with van der Waals surface area (Å²) in [5.41, 5.74) is 15.7. The molecular formula is C34H38N2O2. The Kier molecular flexibility index (Phi) is 7.33. The van der Waals surface area contributed by atoms with Crippen LogP contribution in [0.15, 0.2) is 97.1 Å². The van der Waals surface area contributed by atoms with Crippen LogP contribution in [0, 0.1) is 17.8 Å². The maximum absolute atomic E-state index is 6.55. The van der Waals surface area contributed by atoms with E-state index in [-0.39, 0.29) is 5.41 Å². The maximum Gasteiger partial charge on any atom is 0.131 e. The Bertz CT molecular complexity index is 1380. The molecule has 4 aromatic carbocycles. The minimum absolute atomic E-state index is 0.196. The number of benzene rings is 4. The monoisotopic (exact) mass is 506 g/mol. The van der Waals surface area contributed by atoms with Crippen LogP contribution in [0.2, 0.25) is 0 Å². The van der Waals surface area contributed by atoms with Crippen LogP contribution in [0.1, 0.15) is 51.2 Å². The van der Waals surface area contributed by atoms with Crippen molar-refractivity contribution in [3.05, 3.63) is 108 Å². The largest absolute Gasteiger partial charge is 0.457 e. The third-order valence-corrected chi connectivity index (χ3v) is 8.00. The van der Waals surface area contributed by atoms with Gasteiger partial charge in [-0.05, 0) is 78.6 Å². The first-order valence-corrected chi connectivity index (χ1v) is 13.6. The van der Waals surface area contributed by atoms with Gasteiger partial charge in [-0.2, -0.15) is 0 Å². The lowest BCUT2D eigenvalue weighted by molar-refractivity contribution is 0.133. The molecule has 196 valence electrons. The van der Waals surface area contributed by atoms with Crippen molar-refractivity contribution in [3.8, 4) is 23.0 Å². The zero-order valence-electron chi connectivity index (χ0n) is 22.6. The van der Waals surface area contributed by atoms with Crippen molar-refractivity contribution in [1.29, 1.82) is 0 Å². The second-order valence-corrected chi connectivity index (χ2v) is 11.1. The lowest BCUT2D eigenvalue weighted by atomic mass is 9.54. The average Bonchev–Trinajstić information content (AvgIpc) is 2.89. The number of ether oxygens (including phenoxy) is 2. The number of nitrogen functional groups attached to an aromatic ring is 2. The molecule has 5 rings (SSSR count). The van der Waals surface area contributed by atoms with Crippen LogP contribution < -0.4 is 20.9 Å². The van der Waals surface area contributed by atoms with Crippen molar-refractivity contribution in [3.63, 3.8) is 0 Å². The highest BCUT2D eigenvalue weighted by atomic mass is 16.5. The molecule has 0 heterocycles. The van der Waals surface area contributed by atoms with Gasteiger partial charge in [0.15, 0.2) is 0 Å². The van der Waals surface area contributed by atoms with E-state index in [1.54, 1.807) is 0 Å². The predicted molar refractivity (Wildman–Crippen MR) is 157 cm³/mol. The molecule has 0 aromatic heterocycles. The maximum atomic E-state index is 6.55. The fourth-order valence-corrected chi connectivity index (χ4v) is 6.38. The second-order valence-electron chi connectivity index (χ2n) is 11.1. The normalized spacial score (nSPS) is 21.3. The molecule has 38 heavy (non-hydrogen) atoms. The summed E-state index contributed by atoms with van der Waals surface area (Å²) in [7, 11) is 0. The number of rotatable bonds is 7. The molecule has 3 atom stereocenters. The highest BCUT2D eigenvalue weighted by molar-refractivity contribution is 5.53. The zero-order valence-corrected chi connectivity index (χ0v) is 22.6. The molecule has 1 aliphatic carbocycles. The highest BCUT2D eigenvalue weighted by Gasteiger charge is 2.48. The molecule has 1 aliphatic rings.